The Labute approximate surface area is 205 Å². The lowest BCUT2D eigenvalue weighted by molar-refractivity contribution is -0.140. The van der Waals surface area contributed by atoms with Gasteiger partial charge in [-0.05, 0) is 70.8 Å². The van der Waals surface area contributed by atoms with Gasteiger partial charge in [-0.3, -0.25) is 9.59 Å². The van der Waals surface area contributed by atoms with Gasteiger partial charge in [0.25, 0.3) is 11.7 Å². The Morgan fingerprint density at radius 1 is 1.15 bits per heavy atom. The lowest BCUT2D eigenvalue weighted by Crippen LogP contribution is -2.35. The van der Waals surface area contributed by atoms with Crippen LogP contribution >= 0.6 is 11.6 Å². The summed E-state index contributed by atoms with van der Waals surface area (Å²) in [6.45, 7) is 6.98. The molecule has 0 radical (unpaired) electrons. The third kappa shape index (κ3) is 5.54. The number of rotatable bonds is 9. The standard InChI is InChI=1S/C26H31ClN2O5/c1-6-33-21-15-18(9-12-20(21)27)24(30)22-23(17-7-10-19(11-8-17)34-16(2)3)29(14-13-28(4)5)26(32)25(22)31/h7-12,15-16,23,30H,6,13-14H2,1-5H3/b24-22-. The number of nitrogens with zero attached hydrogens (tertiary/aromatic N) is 2. The summed E-state index contributed by atoms with van der Waals surface area (Å²) in [5, 5.41) is 11.6. The molecule has 1 aliphatic rings. The maximum Gasteiger partial charge on any atom is 0.295 e. The second-order valence-corrected chi connectivity index (χ2v) is 9.02. The molecule has 1 atom stereocenters. The van der Waals surface area contributed by atoms with Gasteiger partial charge >= 0.3 is 0 Å². The number of Topliss-reactive ketones (excluding diaryl/α,β-unsaturated/α-hetero) is 1. The van der Waals surface area contributed by atoms with Crippen molar-refractivity contribution >= 4 is 29.1 Å². The summed E-state index contributed by atoms with van der Waals surface area (Å²) in [7, 11) is 3.79. The van der Waals surface area contributed by atoms with Crippen LogP contribution in [0.2, 0.25) is 5.02 Å². The summed E-state index contributed by atoms with van der Waals surface area (Å²) in [4.78, 5) is 29.6. The zero-order valence-electron chi connectivity index (χ0n) is 20.2. The molecule has 0 saturated carbocycles. The summed E-state index contributed by atoms with van der Waals surface area (Å²) in [6, 6.07) is 11.3. The van der Waals surface area contributed by atoms with E-state index in [1.54, 1.807) is 30.3 Å². The van der Waals surface area contributed by atoms with Gasteiger partial charge in [-0.2, -0.15) is 0 Å². The third-order valence-corrected chi connectivity index (χ3v) is 5.71. The number of likely N-dealkylation sites (tertiary alicyclic amines) is 1. The highest BCUT2D eigenvalue weighted by molar-refractivity contribution is 6.46. The molecule has 0 aliphatic carbocycles. The number of aliphatic hydroxyl groups excluding tert-OH is 1. The molecule has 1 saturated heterocycles. The molecule has 1 aliphatic heterocycles. The quantitative estimate of drug-likeness (QED) is 0.319. The molecule has 2 aromatic rings. The SMILES string of the molecule is CCOc1cc(/C(O)=C2/C(=O)C(=O)N(CCN(C)C)C2c2ccc(OC(C)C)cc2)ccc1Cl. The first-order valence-electron chi connectivity index (χ1n) is 11.3. The first kappa shape index (κ1) is 25.6. The zero-order chi connectivity index (χ0) is 25.0. The number of carbonyl (C=O) groups is 2. The molecule has 0 bridgehead atoms. The van der Waals surface area contributed by atoms with E-state index in [2.05, 4.69) is 0 Å². The molecule has 7 nitrogen and oxygen atoms in total. The lowest BCUT2D eigenvalue weighted by Gasteiger charge is -2.26. The Kier molecular flexibility index (Phi) is 8.23. The monoisotopic (exact) mass is 486 g/mol. The summed E-state index contributed by atoms with van der Waals surface area (Å²) >= 11 is 6.19. The average molecular weight is 487 g/mol. The average Bonchev–Trinajstić information content (AvgIpc) is 3.03. The van der Waals surface area contributed by atoms with E-state index >= 15 is 0 Å². The van der Waals surface area contributed by atoms with Crippen LogP contribution in [-0.2, 0) is 9.59 Å². The fourth-order valence-electron chi connectivity index (χ4n) is 3.84. The van der Waals surface area contributed by atoms with Crippen molar-refractivity contribution < 1.29 is 24.2 Å². The van der Waals surface area contributed by atoms with Crippen molar-refractivity contribution in [1.29, 1.82) is 0 Å². The number of hydrogen-bond donors (Lipinski definition) is 1. The van der Waals surface area contributed by atoms with Crippen molar-refractivity contribution in [3.63, 3.8) is 0 Å². The molecule has 34 heavy (non-hydrogen) atoms. The first-order chi connectivity index (χ1) is 16.1. The molecule has 1 N–H and O–H groups in total. The van der Waals surface area contributed by atoms with Crippen LogP contribution in [0, 0.1) is 0 Å². The van der Waals surface area contributed by atoms with Crippen LogP contribution in [0.25, 0.3) is 5.76 Å². The van der Waals surface area contributed by atoms with Gasteiger partial charge in [0.15, 0.2) is 0 Å². The molecule has 182 valence electrons. The lowest BCUT2D eigenvalue weighted by atomic mass is 9.95. The van der Waals surface area contributed by atoms with Crippen LogP contribution in [0.4, 0.5) is 0 Å². The second kappa shape index (κ2) is 10.9. The van der Waals surface area contributed by atoms with Gasteiger partial charge < -0.3 is 24.4 Å². The number of ether oxygens (including phenoxy) is 2. The summed E-state index contributed by atoms with van der Waals surface area (Å²) in [5.41, 5.74) is 1.09. The highest BCUT2D eigenvalue weighted by atomic mass is 35.5. The van der Waals surface area contributed by atoms with Gasteiger partial charge in [-0.1, -0.05) is 23.7 Å². The highest BCUT2D eigenvalue weighted by Gasteiger charge is 2.46. The molecule has 3 rings (SSSR count). The van der Waals surface area contributed by atoms with Crippen molar-refractivity contribution in [1.82, 2.24) is 9.80 Å². The van der Waals surface area contributed by atoms with E-state index in [9.17, 15) is 14.7 Å². The number of hydrogen-bond acceptors (Lipinski definition) is 6. The minimum Gasteiger partial charge on any atom is -0.507 e. The number of aliphatic hydroxyl groups is 1. The van der Waals surface area contributed by atoms with Crippen molar-refractivity contribution in [2.24, 2.45) is 0 Å². The Bertz CT molecular complexity index is 1080. The van der Waals surface area contributed by atoms with E-state index in [0.717, 1.165) is 0 Å². The first-order valence-corrected chi connectivity index (χ1v) is 11.6. The number of amides is 1. The van der Waals surface area contributed by atoms with Gasteiger partial charge in [0.05, 0.1) is 29.3 Å². The fraction of sp³-hybridized carbons (Fsp3) is 0.385. The number of likely N-dealkylation sites (N-methyl/N-ethyl adjacent to an activating group) is 1. The summed E-state index contributed by atoms with van der Waals surface area (Å²) in [6.07, 6.45) is 0.0148. The van der Waals surface area contributed by atoms with Gasteiger partial charge in [0, 0.05) is 18.7 Å². The van der Waals surface area contributed by atoms with E-state index in [1.807, 2.05) is 51.9 Å². The van der Waals surface area contributed by atoms with Crippen LogP contribution in [0.3, 0.4) is 0 Å². The van der Waals surface area contributed by atoms with Gasteiger partial charge in [-0.25, -0.2) is 0 Å². The minimum atomic E-state index is -0.737. The molecule has 0 spiro atoms. The van der Waals surface area contributed by atoms with Crippen molar-refractivity contribution in [3.05, 3.63) is 64.2 Å². The van der Waals surface area contributed by atoms with E-state index in [0.29, 0.717) is 47.3 Å². The molecule has 2 aromatic carbocycles. The predicted molar refractivity (Wildman–Crippen MR) is 132 cm³/mol. The maximum absolute atomic E-state index is 13.1. The number of ketones is 1. The van der Waals surface area contributed by atoms with E-state index < -0.39 is 17.7 Å². The van der Waals surface area contributed by atoms with Crippen molar-refractivity contribution in [2.75, 3.05) is 33.8 Å². The van der Waals surface area contributed by atoms with Crippen LogP contribution in [-0.4, -0.2) is 66.5 Å². The summed E-state index contributed by atoms with van der Waals surface area (Å²) < 4.78 is 11.3. The fourth-order valence-corrected chi connectivity index (χ4v) is 4.01. The van der Waals surface area contributed by atoms with Crippen molar-refractivity contribution in [3.8, 4) is 11.5 Å². The molecule has 1 heterocycles. The third-order valence-electron chi connectivity index (χ3n) is 5.40. The van der Waals surface area contributed by atoms with Gasteiger partial charge in [-0.15, -0.1) is 0 Å². The zero-order valence-corrected chi connectivity index (χ0v) is 20.9. The molecule has 8 heteroatoms. The Balaban J connectivity index is 2.11. The van der Waals surface area contributed by atoms with Crippen molar-refractivity contribution in [2.45, 2.75) is 32.9 Å². The maximum atomic E-state index is 13.1. The Morgan fingerprint density at radius 3 is 2.41 bits per heavy atom. The molecular formula is C26H31ClN2O5. The molecular weight excluding hydrogens is 456 g/mol. The summed E-state index contributed by atoms with van der Waals surface area (Å²) in [5.74, 6) is -0.563. The molecule has 1 unspecified atom stereocenters. The van der Waals surface area contributed by atoms with Gasteiger partial charge in [0.2, 0.25) is 0 Å². The largest absolute Gasteiger partial charge is 0.507 e. The molecule has 1 fully saturated rings. The topological polar surface area (TPSA) is 79.3 Å². The van der Waals surface area contributed by atoms with Crippen LogP contribution in [0.5, 0.6) is 11.5 Å². The number of halogens is 1. The number of carbonyl (C=O) groups excluding carboxylic acids is 2. The Morgan fingerprint density at radius 2 is 1.82 bits per heavy atom. The smallest absolute Gasteiger partial charge is 0.295 e. The normalized spacial score (nSPS) is 17.6. The predicted octanol–water partition coefficient (Wildman–Crippen LogP) is 4.51. The second-order valence-electron chi connectivity index (χ2n) is 8.61. The minimum absolute atomic E-state index is 0.0148. The highest BCUT2D eigenvalue weighted by Crippen LogP contribution is 2.40. The Hall–Kier alpha value is -3.03. The number of benzene rings is 2. The van der Waals surface area contributed by atoms with Gasteiger partial charge in [0.1, 0.15) is 17.3 Å². The van der Waals surface area contributed by atoms with E-state index in [4.69, 9.17) is 21.1 Å². The van der Waals surface area contributed by atoms with Crippen LogP contribution < -0.4 is 9.47 Å². The van der Waals surface area contributed by atoms with E-state index in [1.165, 1.54) is 4.90 Å². The van der Waals surface area contributed by atoms with Crippen LogP contribution in [0.15, 0.2) is 48.0 Å². The van der Waals surface area contributed by atoms with Crippen LogP contribution in [0.1, 0.15) is 37.9 Å². The van der Waals surface area contributed by atoms with E-state index in [-0.39, 0.29) is 17.4 Å². The molecule has 0 aromatic heterocycles. The molecule has 1 amide bonds.